The van der Waals surface area contributed by atoms with Gasteiger partial charge in [0.1, 0.15) is 5.82 Å². The number of aliphatic imine (C=N–C) groups is 1. The average Bonchev–Trinajstić information content (AvgIpc) is 2.72. The van der Waals surface area contributed by atoms with Gasteiger partial charge in [0, 0.05) is 19.6 Å². The van der Waals surface area contributed by atoms with E-state index in [-0.39, 0.29) is 5.82 Å². The van der Waals surface area contributed by atoms with Crippen LogP contribution in [-0.2, 0) is 13.1 Å². The zero-order chi connectivity index (χ0) is 20.5. The van der Waals surface area contributed by atoms with Crippen LogP contribution in [0.2, 0.25) is 0 Å². The smallest absolute Gasteiger partial charge is 0.189 e. The maximum atomic E-state index is 14.3. The number of nitrogens with two attached hydrogens (primary N) is 1. The van der Waals surface area contributed by atoms with Gasteiger partial charge in [0.25, 0.3) is 0 Å². The molecule has 0 radical (unpaired) electrons. The Kier molecular flexibility index (Phi) is 7.92. The fraction of sp³-hybridized carbons (Fsp3) is 0.381. The lowest BCUT2D eigenvalue weighted by molar-refractivity contribution is 0.354. The van der Waals surface area contributed by atoms with E-state index < -0.39 is 0 Å². The minimum absolute atomic E-state index is 0.242. The molecule has 0 aliphatic carbocycles. The molecule has 0 aromatic heterocycles. The number of hydrogen-bond acceptors (Lipinski definition) is 4. The highest BCUT2D eigenvalue weighted by Gasteiger charge is 2.09. The van der Waals surface area contributed by atoms with Crippen LogP contribution >= 0.6 is 0 Å². The number of rotatable bonds is 9. The number of halogens is 1. The predicted molar refractivity (Wildman–Crippen MR) is 112 cm³/mol. The molecule has 7 heteroatoms. The predicted octanol–water partition coefficient (Wildman–Crippen LogP) is 3.29. The second-order valence-corrected chi connectivity index (χ2v) is 6.20. The summed E-state index contributed by atoms with van der Waals surface area (Å²) in [6, 6.07) is 10.8. The van der Waals surface area contributed by atoms with E-state index in [9.17, 15) is 4.39 Å². The quantitative estimate of drug-likeness (QED) is 0.509. The van der Waals surface area contributed by atoms with E-state index in [4.69, 9.17) is 15.2 Å². The minimum atomic E-state index is -0.242. The number of nitrogens with one attached hydrogen (secondary N) is 1. The van der Waals surface area contributed by atoms with E-state index in [1.165, 1.54) is 6.07 Å². The lowest BCUT2D eigenvalue weighted by Crippen LogP contribution is -2.31. The molecule has 2 aromatic carbocycles. The van der Waals surface area contributed by atoms with Crippen LogP contribution in [0.3, 0.4) is 0 Å². The number of ether oxygens (including phenoxy) is 2. The highest BCUT2D eigenvalue weighted by Crippen LogP contribution is 2.27. The van der Waals surface area contributed by atoms with Crippen LogP contribution in [0.15, 0.2) is 41.4 Å². The number of guanidine groups is 1. The van der Waals surface area contributed by atoms with E-state index in [1.807, 2.05) is 43.0 Å². The average molecular weight is 388 g/mol. The lowest BCUT2D eigenvalue weighted by atomic mass is 10.2. The first-order valence-electron chi connectivity index (χ1n) is 9.30. The van der Waals surface area contributed by atoms with Gasteiger partial charge in [-0.1, -0.05) is 12.1 Å². The summed E-state index contributed by atoms with van der Waals surface area (Å²) in [5, 5.41) is 3.05. The summed E-state index contributed by atoms with van der Waals surface area (Å²) < 4.78 is 24.9. The Balaban J connectivity index is 1.96. The molecular formula is C21H29FN4O2. The van der Waals surface area contributed by atoms with Gasteiger partial charge in [-0.2, -0.15) is 0 Å². The Bertz CT molecular complexity index is 807. The molecule has 0 saturated carbocycles. The van der Waals surface area contributed by atoms with Crippen LogP contribution in [0, 0.1) is 5.82 Å². The first-order chi connectivity index (χ1) is 13.5. The third-order valence-corrected chi connectivity index (χ3v) is 4.47. The molecule has 0 unspecified atom stereocenters. The van der Waals surface area contributed by atoms with Crippen LogP contribution in [0.5, 0.6) is 11.5 Å². The van der Waals surface area contributed by atoms with Gasteiger partial charge in [-0.3, -0.25) is 0 Å². The van der Waals surface area contributed by atoms with Crippen molar-refractivity contribution >= 4 is 11.6 Å². The summed E-state index contributed by atoms with van der Waals surface area (Å²) in [5.74, 6) is 1.38. The number of nitrogens with zero attached hydrogens (tertiary/aromatic N) is 2. The van der Waals surface area contributed by atoms with Crippen LogP contribution in [0.4, 0.5) is 10.1 Å². The first-order valence-corrected chi connectivity index (χ1v) is 9.30. The van der Waals surface area contributed by atoms with Gasteiger partial charge in [-0.05, 0) is 49.2 Å². The summed E-state index contributed by atoms with van der Waals surface area (Å²) >= 11 is 0. The zero-order valence-corrected chi connectivity index (χ0v) is 17.0. The summed E-state index contributed by atoms with van der Waals surface area (Å²) in [6.07, 6.45) is 0. The van der Waals surface area contributed by atoms with E-state index >= 15 is 0 Å². The Morgan fingerprint density at radius 2 is 1.71 bits per heavy atom. The van der Waals surface area contributed by atoms with E-state index in [1.54, 1.807) is 20.3 Å². The Labute approximate surface area is 166 Å². The van der Waals surface area contributed by atoms with E-state index in [0.717, 1.165) is 24.2 Å². The molecule has 6 nitrogen and oxygen atoms in total. The number of methoxy groups -OCH3 is 2. The van der Waals surface area contributed by atoms with Crippen LogP contribution in [-0.4, -0.2) is 33.3 Å². The molecular weight excluding hydrogens is 359 g/mol. The van der Waals surface area contributed by atoms with Gasteiger partial charge in [0.05, 0.1) is 26.5 Å². The van der Waals surface area contributed by atoms with Gasteiger partial charge < -0.3 is 25.4 Å². The standard InChI is InChI=1S/C21H29FN4O2/c1-5-26(6-2)18-9-7-15(11-17(18)22)13-24-21(23)25-14-16-8-10-19(27-3)20(12-16)28-4/h7-12H,5-6,13-14H2,1-4H3,(H3,23,24,25). The lowest BCUT2D eigenvalue weighted by Gasteiger charge is -2.21. The fourth-order valence-corrected chi connectivity index (χ4v) is 2.89. The molecule has 0 fully saturated rings. The molecule has 2 rings (SSSR count). The number of benzene rings is 2. The molecule has 0 atom stereocenters. The molecule has 0 bridgehead atoms. The van der Waals surface area contributed by atoms with Crippen molar-refractivity contribution in [3.63, 3.8) is 0 Å². The summed E-state index contributed by atoms with van der Waals surface area (Å²) in [4.78, 5) is 6.26. The van der Waals surface area contributed by atoms with E-state index in [0.29, 0.717) is 36.2 Å². The van der Waals surface area contributed by atoms with Gasteiger partial charge in [-0.25, -0.2) is 9.38 Å². The largest absolute Gasteiger partial charge is 0.493 e. The third kappa shape index (κ3) is 5.52. The number of anilines is 1. The van der Waals surface area contributed by atoms with Crippen LogP contribution in [0.1, 0.15) is 25.0 Å². The van der Waals surface area contributed by atoms with Crippen molar-refractivity contribution in [1.82, 2.24) is 5.32 Å². The van der Waals surface area contributed by atoms with Crippen LogP contribution in [0.25, 0.3) is 0 Å². The topological polar surface area (TPSA) is 72.1 Å². The Hall–Kier alpha value is -2.96. The molecule has 2 aromatic rings. The highest BCUT2D eigenvalue weighted by atomic mass is 19.1. The van der Waals surface area contributed by atoms with Crippen molar-refractivity contribution in [2.24, 2.45) is 10.7 Å². The second-order valence-electron chi connectivity index (χ2n) is 6.20. The summed E-state index contributed by atoms with van der Waals surface area (Å²) in [6.45, 7) is 6.33. The fourth-order valence-electron chi connectivity index (χ4n) is 2.89. The maximum absolute atomic E-state index is 14.3. The van der Waals surface area contributed by atoms with Gasteiger partial charge in [0.15, 0.2) is 17.5 Å². The molecule has 3 N–H and O–H groups in total. The molecule has 0 heterocycles. The van der Waals surface area contributed by atoms with Gasteiger partial charge in [0.2, 0.25) is 0 Å². The third-order valence-electron chi connectivity index (χ3n) is 4.47. The van der Waals surface area contributed by atoms with Crippen molar-refractivity contribution in [2.45, 2.75) is 26.9 Å². The maximum Gasteiger partial charge on any atom is 0.189 e. The van der Waals surface area contributed by atoms with Crippen molar-refractivity contribution in [2.75, 3.05) is 32.2 Å². The van der Waals surface area contributed by atoms with Crippen molar-refractivity contribution in [1.29, 1.82) is 0 Å². The van der Waals surface area contributed by atoms with Gasteiger partial charge >= 0.3 is 0 Å². The highest BCUT2D eigenvalue weighted by molar-refractivity contribution is 5.77. The van der Waals surface area contributed by atoms with Crippen molar-refractivity contribution in [3.05, 3.63) is 53.3 Å². The molecule has 28 heavy (non-hydrogen) atoms. The number of hydrogen-bond donors (Lipinski definition) is 2. The zero-order valence-electron chi connectivity index (χ0n) is 17.0. The van der Waals surface area contributed by atoms with E-state index in [2.05, 4.69) is 10.3 Å². The normalized spacial score (nSPS) is 11.2. The first kappa shape index (κ1) is 21.3. The minimum Gasteiger partial charge on any atom is -0.493 e. The van der Waals surface area contributed by atoms with Crippen molar-refractivity contribution in [3.8, 4) is 11.5 Å². The monoisotopic (exact) mass is 388 g/mol. The summed E-state index contributed by atoms with van der Waals surface area (Å²) in [5.41, 5.74) is 8.29. The Morgan fingerprint density at radius 3 is 2.32 bits per heavy atom. The molecule has 0 spiro atoms. The van der Waals surface area contributed by atoms with Crippen LogP contribution < -0.4 is 25.4 Å². The second kappa shape index (κ2) is 10.4. The molecule has 0 saturated heterocycles. The molecule has 152 valence electrons. The Morgan fingerprint density at radius 1 is 1.04 bits per heavy atom. The molecule has 0 aliphatic rings. The molecule has 0 amide bonds. The van der Waals surface area contributed by atoms with Crippen molar-refractivity contribution < 1.29 is 13.9 Å². The SMILES string of the molecule is CCN(CC)c1ccc(CN=C(N)NCc2ccc(OC)c(OC)c2)cc1F. The molecule has 0 aliphatic heterocycles. The van der Waals surface area contributed by atoms with Gasteiger partial charge in [-0.15, -0.1) is 0 Å². The summed E-state index contributed by atoms with van der Waals surface area (Å²) in [7, 11) is 3.19.